The van der Waals surface area contributed by atoms with E-state index in [1.807, 2.05) is 18.2 Å². The first-order valence-corrected chi connectivity index (χ1v) is 10.9. The molecule has 1 fully saturated rings. The van der Waals surface area contributed by atoms with Crippen molar-refractivity contribution in [1.82, 2.24) is 14.5 Å². The van der Waals surface area contributed by atoms with Gasteiger partial charge in [0.25, 0.3) is 0 Å². The summed E-state index contributed by atoms with van der Waals surface area (Å²) in [6.07, 6.45) is 3.90. The number of hydrogen-bond acceptors (Lipinski definition) is 5. The number of aromatic nitrogens is 2. The second kappa shape index (κ2) is 6.79. The lowest BCUT2D eigenvalue weighted by Gasteiger charge is -2.30. The molecule has 1 aromatic carbocycles. The molecule has 0 bridgehead atoms. The SMILES string of the molecule is O=S(=O)(c1ccc2c(c1)CCO2)N1CCC(c2cc(-c3ccco3)n[nH]2)CC1. The third-order valence-corrected chi connectivity index (χ3v) is 7.46. The highest BCUT2D eigenvalue weighted by molar-refractivity contribution is 7.89. The molecule has 0 amide bonds. The Morgan fingerprint density at radius 3 is 2.79 bits per heavy atom. The fourth-order valence-electron chi connectivity index (χ4n) is 3.98. The number of H-pyrrole nitrogens is 1. The summed E-state index contributed by atoms with van der Waals surface area (Å²) in [5.74, 6) is 1.78. The molecule has 7 nitrogen and oxygen atoms in total. The first kappa shape index (κ1) is 17.5. The van der Waals surface area contributed by atoms with Crippen LogP contribution in [0.2, 0.25) is 0 Å². The Bertz CT molecular complexity index is 1080. The van der Waals surface area contributed by atoms with E-state index in [0.29, 0.717) is 24.6 Å². The molecule has 2 aliphatic heterocycles. The van der Waals surface area contributed by atoms with Crippen molar-refractivity contribution in [1.29, 1.82) is 0 Å². The molecule has 5 rings (SSSR count). The zero-order chi connectivity index (χ0) is 19.1. The lowest BCUT2D eigenvalue weighted by molar-refractivity contribution is 0.316. The number of piperidine rings is 1. The summed E-state index contributed by atoms with van der Waals surface area (Å²) in [5, 5.41) is 7.41. The molecule has 0 atom stereocenters. The summed E-state index contributed by atoms with van der Waals surface area (Å²) in [6.45, 7) is 1.61. The third kappa shape index (κ3) is 3.02. The van der Waals surface area contributed by atoms with Gasteiger partial charge in [0.2, 0.25) is 10.0 Å². The zero-order valence-corrected chi connectivity index (χ0v) is 16.1. The Balaban J connectivity index is 1.29. The van der Waals surface area contributed by atoms with Gasteiger partial charge in [0, 0.05) is 31.1 Å². The minimum Gasteiger partial charge on any atom is -0.493 e. The van der Waals surface area contributed by atoms with Gasteiger partial charge in [0.05, 0.1) is 17.8 Å². The molecule has 0 saturated carbocycles. The van der Waals surface area contributed by atoms with Gasteiger partial charge in [-0.3, -0.25) is 5.10 Å². The van der Waals surface area contributed by atoms with Gasteiger partial charge in [0.15, 0.2) is 5.76 Å². The van der Waals surface area contributed by atoms with Crippen LogP contribution in [0.4, 0.5) is 0 Å². The quantitative estimate of drug-likeness (QED) is 0.728. The van der Waals surface area contributed by atoms with E-state index in [4.69, 9.17) is 9.15 Å². The summed E-state index contributed by atoms with van der Waals surface area (Å²) in [7, 11) is -3.48. The van der Waals surface area contributed by atoms with E-state index in [2.05, 4.69) is 10.2 Å². The van der Waals surface area contributed by atoms with Crippen LogP contribution in [0.5, 0.6) is 5.75 Å². The first-order valence-electron chi connectivity index (χ1n) is 9.46. The van der Waals surface area contributed by atoms with Crippen LogP contribution in [0.3, 0.4) is 0 Å². The normalized spacial score (nSPS) is 18.1. The minimum absolute atomic E-state index is 0.260. The molecule has 3 aromatic rings. The topological polar surface area (TPSA) is 88.4 Å². The number of aromatic amines is 1. The van der Waals surface area contributed by atoms with Gasteiger partial charge in [-0.2, -0.15) is 9.40 Å². The Morgan fingerprint density at radius 2 is 2.00 bits per heavy atom. The highest BCUT2D eigenvalue weighted by atomic mass is 32.2. The molecule has 4 heterocycles. The van der Waals surface area contributed by atoms with Crippen LogP contribution in [-0.4, -0.2) is 42.6 Å². The van der Waals surface area contributed by atoms with Crippen molar-refractivity contribution < 1.29 is 17.6 Å². The zero-order valence-electron chi connectivity index (χ0n) is 15.3. The van der Waals surface area contributed by atoms with Gasteiger partial charge in [0.1, 0.15) is 11.4 Å². The number of rotatable bonds is 4. The Kier molecular flexibility index (Phi) is 4.25. The van der Waals surface area contributed by atoms with Crippen LogP contribution in [0, 0.1) is 0 Å². The Hall–Kier alpha value is -2.58. The van der Waals surface area contributed by atoms with Crippen LogP contribution < -0.4 is 4.74 Å². The molecule has 1 saturated heterocycles. The van der Waals surface area contributed by atoms with Crippen molar-refractivity contribution in [2.24, 2.45) is 0 Å². The van der Waals surface area contributed by atoms with Crippen LogP contribution in [0.25, 0.3) is 11.5 Å². The maximum atomic E-state index is 13.0. The van der Waals surface area contributed by atoms with Gasteiger partial charge < -0.3 is 9.15 Å². The maximum absolute atomic E-state index is 13.0. The van der Waals surface area contributed by atoms with Crippen molar-refractivity contribution in [2.45, 2.75) is 30.1 Å². The lowest BCUT2D eigenvalue weighted by Crippen LogP contribution is -2.38. The molecule has 0 unspecified atom stereocenters. The Labute approximate surface area is 163 Å². The van der Waals surface area contributed by atoms with Crippen LogP contribution in [-0.2, 0) is 16.4 Å². The predicted octanol–water partition coefficient (Wildman–Crippen LogP) is 3.17. The summed E-state index contributed by atoms with van der Waals surface area (Å²) in [4.78, 5) is 0.358. The molecular weight excluding hydrogens is 378 g/mol. The van der Waals surface area contributed by atoms with Crippen molar-refractivity contribution >= 4 is 10.0 Å². The van der Waals surface area contributed by atoms with Crippen molar-refractivity contribution in [3.63, 3.8) is 0 Å². The molecular formula is C20H21N3O4S. The highest BCUT2D eigenvalue weighted by Crippen LogP contribution is 2.33. The number of sulfonamides is 1. The summed E-state index contributed by atoms with van der Waals surface area (Å²) < 4.78 is 38.5. The summed E-state index contributed by atoms with van der Waals surface area (Å²) in [5.41, 5.74) is 2.77. The van der Waals surface area contributed by atoms with Gasteiger partial charge in [-0.05, 0) is 54.8 Å². The standard InChI is InChI=1S/C20H21N3O4S/c24-28(25,16-3-4-19-15(12-16)7-11-27-19)23-8-5-14(6-9-23)17-13-18(22-21-17)20-2-1-10-26-20/h1-4,10,12-14H,5-9,11H2,(H,21,22). The van der Waals surface area contributed by atoms with Gasteiger partial charge >= 0.3 is 0 Å². The lowest BCUT2D eigenvalue weighted by atomic mass is 9.94. The van der Waals surface area contributed by atoms with Gasteiger partial charge in [-0.25, -0.2) is 8.42 Å². The van der Waals surface area contributed by atoms with E-state index in [9.17, 15) is 8.42 Å². The highest BCUT2D eigenvalue weighted by Gasteiger charge is 2.31. The second-order valence-corrected chi connectivity index (χ2v) is 9.17. The van der Waals surface area contributed by atoms with Crippen LogP contribution >= 0.6 is 0 Å². The molecule has 0 spiro atoms. The van der Waals surface area contributed by atoms with E-state index in [0.717, 1.165) is 47.7 Å². The number of nitrogens with zero attached hydrogens (tertiary/aromatic N) is 2. The Morgan fingerprint density at radius 1 is 1.14 bits per heavy atom. The van der Waals surface area contributed by atoms with E-state index < -0.39 is 10.0 Å². The first-order chi connectivity index (χ1) is 13.6. The number of hydrogen-bond donors (Lipinski definition) is 1. The number of fused-ring (bicyclic) bond motifs is 1. The van der Waals surface area contributed by atoms with Crippen LogP contribution in [0.1, 0.15) is 30.0 Å². The van der Waals surface area contributed by atoms with Crippen molar-refractivity contribution in [2.75, 3.05) is 19.7 Å². The van der Waals surface area contributed by atoms with Crippen LogP contribution in [0.15, 0.2) is 52.0 Å². The van der Waals surface area contributed by atoms with Crippen molar-refractivity contribution in [3.8, 4) is 17.2 Å². The number of ether oxygens (including phenoxy) is 1. The molecule has 1 N–H and O–H groups in total. The molecule has 8 heteroatoms. The second-order valence-electron chi connectivity index (χ2n) is 7.23. The monoisotopic (exact) mass is 399 g/mol. The molecule has 2 aliphatic rings. The van der Waals surface area contributed by atoms with E-state index in [1.54, 1.807) is 28.8 Å². The fraction of sp³-hybridized carbons (Fsp3) is 0.350. The number of nitrogens with one attached hydrogen (secondary N) is 1. The molecule has 0 radical (unpaired) electrons. The van der Waals surface area contributed by atoms with E-state index in [-0.39, 0.29) is 5.92 Å². The molecule has 146 valence electrons. The number of furan rings is 1. The van der Waals surface area contributed by atoms with Gasteiger partial charge in [-0.1, -0.05) is 0 Å². The molecule has 0 aliphatic carbocycles. The van der Waals surface area contributed by atoms with Gasteiger partial charge in [-0.15, -0.1) is 0 Å². The average Bonchev–Trinajstić information content (AvgIpc) is 3.48. The summed E-state index contributed by atoms with van der Waals surface area (Å²) in [6, 6.07) is 10.9. The number of benzene rings is 1. The van der Waals surface area contributed by atoms with Crippen molar-refractivity contribution in [3.05, 3.63) is 53.9 Å². The maximum Gasteiger partial charge on any atom is 0.243 e. The summed E-state index contributed by atoms with van der Waals surface area (Å²) >= 11 is 0. The smallest absolute Gasteiger partial charge is 0.243 e. The minimum atomic E-state index is -3.48. The van der Waals surface area contributed by atoms with E-state index >= 15 is 0 Å². The molecule has 2 aromatic heterocycles. The molecule has 28 heavy (non-hydrogen) atoms. The fourth-order valence-corrected chi connectivity index (χ4v) is 5.50. The largest absolute Gasteiger partial charge is 0.493 e. The van der Waals surface area contributed by atoms with E-state index in [1.165, 1.54) is 0 Å². The average molecular weight is 399 g/mol. The third-order valence-electron chi connectivity index (χ3n) is 5.56. The predicted molar refractivity (Wildman–Crippen MR) is 103 cm³/mol.